The van der Waals surface area contributed by atoms with Crippen molar-refractivity contribution in [2.75, 3.05) is 0 Å². The summed E-state index contributed by atoms with van der Waals surface area (Å²) in [6.45, 7) is 0. The maximum Gasteiger partial charge on any atom is 0.174 e. The molecule has 17 heavy (non-hydrogen) atoms. The lowest BCUT2D eigenvalue weighted by Gasteiger charge is -2.06. The van der Waals surface area contributed by atoms with Crippen molar-refractivity contribution in [1.29, 1.82) is 5.41 Å². The van der Waals surface area contributed by atoms with Crippen LogP contribution < -0.4 is 5.73 Å². The fraction of sp³-hybridized carbons (Fsp3) is 0.100. The molecule has 2 heterocycles. The Morgan fingerprint density at radius 1 is 1.47 bits per heavy atom. The van der Waals surface area contributed by atoms with E-state index in [2.05, 4.69) is 9.97 Å². The van der Waals surface area contributed by atoms with E-state index in [1.54, 1.807) is 18.5 Å². The van der Waals surface area contributed by atoms with Gasteiger partial charge in [-0.15, -0.1) is 0 Å². The number of nitrogen functional groups attached to an aromatic ring is 1. The van der Waals surface area contributed by atoms with Gasteiger partial charge >= 0.3 is 0 Å². The third-order valence-electron chi connectivity index (χ3n) is 2.11. The zero-order chi connectivity index (χ0) is 12.4. The first kappa shape index (κ1) is 11.9. The zero-order valence-corrected chi connectivity index (χ0v) is 10.6. The minimum Gasteiger partial charge on any atom is -0.384 e. The SMILES string of the molecule is Cn1ccnc1Sc1nccc(C(=N)N)c1Cl. The van der Waals surface area contributed by atoms with Gasteiger partial charge in [-0.2, -0.15) is 0 Å². The number of halogens is 1. The van der Waals surface area contributed by atoms with Crippen LogP contribution in [0.15, 0.2) is 34.8 Å². The summed E-state index contributed by atoms with van der Waals surface area (Å²) < 4.78 is 1.86. The molecule has 7 heteroatoms. The number of imidazole rings is 1. The van der Waals surface area contributed by atoms with Crippen LogP contribution in [0.3, 0.4) is 0 Å². The Bertz CT molecular complexity index is 566. The van der Waals surface area contributed by atoms with Crippen LogP contribution in [-0.2, 0) is 7.05 Å². The Morgan fingerprint density at radius 3 is 2.82 bits per heavy atom. The summed E-state index contributed by atoms with van der Waals surface area (Å²) in [5, 5.41) is 9.15. The number of pyridine rings is 1. The second-order valence-electron chi connectivity index (χ2n) is 3.31. The molecule has 0 spiro atoms. The van der Waals surface area contributed by atoms with E-state index >= 15 is 0 Å². The Morgan fingerprint density at radius 2 is 2.24 bits per heavy atom. The standard InChI is InChI=1S/C10H10ClN5S/c1-16-5-4-15-10(16)17-9-7(11)6(8(12)13)2-3-14-9/h2-5H,1H3,(H3,12,13). The average molecular weight is 268 g/mol. The summed E-state index contributed by atoms with van der Waals surface area (Å²) in [7, 11) is 1.89. The number of nitrogens with zero attached hydrogens (tertiary/aromatic N) is 3. The van der Waals surface area contributed by atoms with Crippen LogP contribution in [0, 0.1) is 5.41 Å². The summed E-state index contributed by atoms with van der Waals surface area (Å²) >= 11 is 7.47. The molecule has 0 saturated heterocycles. The van der Waals surface area contributed by atoms with Crippen LogP contribution in [0.25, 0.3) is 0 Å². The molecule has 0 aliphatic heterocycles. The molecule has 0 aliphatic carbocycles. The fourth-order valence-corrected chi connectivity index (χ4v) is 2.37. The lowest BCUT2D eigenvalue weighted by molar-refractivity contribution is 0.788. The number of aryl methyl sites for hydroxylation is 1. The highest BCUT2D eigenvalue weighted by molar-refractivity contribution is 7.99. The molecule has 88 valence electrons. The number of hydrogen-bond acceptors (Lipinski definition) is 4. The van der Waals surface area contributed by atoms with E-state index in [1.807, 2.05) is 17.8 Å². The number of aromatic nitrogens is 3. The topological polar surface area (TPSA) is 80.6 Å². The smallest absolute Gasteiger partial charge is 0.174 e. The Balaban J connectivity index is 2.37. The van der Waals surface area contributed by atoms with E-state index in [9.17, 15) is 0 Å². The molecule has 0 aromatic carbocycles. The molecular formula is C10H10ClN5S. The summed E-state index contributed by atoms with van der Waals surface area (Å²) in [6.07, 6.45) is 5.12. The van der Waals surface area contributed by atoms with Gasteiger partial charge in [0.1, 0.15) is 10.9 Å². The maximum atomic E-state index is 7.40. The van der Waals surface area contributed by atoms with Crippen LogP contribution in [0.5, 0.6) is 0 Å². The molecule has 0 fully saturated rings. The first-order chi connectivity index (χ1) is 8.09. The molecular weight excluding hydrogens is 258 g/mol. The average Bonchev–Trinajstić information content (AvgIpc) is 2.67. The van der Waals surface area contributed by atoms with Gasteiger partial charge in [-0.25, -0.2) is 9.97 Å². The van der Waals surface area contributed by atoms with Crippen molar-refractivity contribution in [1.82, 2.24) is 14.5 Å². The molecule has 2 aromatic heterocycles. The number of amidine groups is 1. The zero-order valence-electron chi connectivity index (χ0n) is 9.01. The quantitative estimate of drug-likeness (QED) is 0.657. The molecule has 0 unspecified atom stereocenters. The van der Waals surface area contributed by atoms with Crippen molar-refractivity contribution in [2.45, 2.75) is 10.2 Å². The van der Waals surface area contributed by atoms with Gasteiger partial charge in [-0.1, -0.05) is 11.6 Å². The van der Waals surface area contributed by atoms with Crippen molar-refractivity contribution in [2.24, 2.45) is 12.8 Å². The third-order valence-corrected chi connectivity index (χ3v) is 3.69. The highest BCUT2D eigenvalue weighted by Gasteiger charge is 2.12. The van der Waals surface area contributed by atoms with Crippen LogP contribution in [0.2, 0.25) is 5.02 Å². The molecule has 2 aromatic rings. The summed E-state index contributed by atoms with van der Waals surface area (Å²) in [6, 6.07) is 1.62. The van der Waals surface area contributed by atoms with Gasteiger partial charge in [0.05, 0.1) is 5.02 Å². The molecule has 0 radical (unpaired) electrons. The van der Waals surface area contributed by atoms with Crippen LogP contribution in [0.4, 0.5) is 0 Å². The predicted octanol–water partition coefficient (Wildman–Crippen LogP) is 1.90. The van der Waals surface area contributed by atoms with E-state index in [-0.39, 0.29) is 5.84 Å². The van der Waals surface area contributed by atoms with Crippen molar-refractivity contribution < 1.29 is 0 Å². The van der Waals surface area contributed by atoms with Gasteiger partial charge in [0, 0.05) is 31.2 Å². The number of nitrogens with two attached hydrogens (primary N) is 1. The Labute approximate surface area is 108 Å². The summed E-state index contributed by atoms with van der Waals surface area (Å²) in [5.74, 6) is -0.0703. The second kappa shape index (κ2) is 4.77. The van der Waals surface area contributed by atoms with E-state index in [0.717, 1.165) is 5.16 Å². The predicted molar refractivity (Wildman–Crippen MR) is 67.6 cm³/mol. The number of nitrogens with one attached hydrogen (secondary N) is 1. The third kappa shape index (κ3) is 2.42. The normalized spacial score (nSPS) is 10.5. The fourth-order valence-electron chi connectivity index (χ4n) is 1.24. The highest BCUT2D eigenvalue weighted by Crippen LogP contribution is 2.31. The van der Waals surface area contributed by atoms with E-state index < -0.39 is 0 Å². The molecule has 0 amide bonds. The molecule has 0 saturated carbocycles. The molecule has 0 atom stereocenters. The van der Waals surface area contributed by atoms with Crippen LogP contribution >= 0.6 is 23.4 Å². The van der Waals surface area contributed by atoms with Crippen LogP contribution in [-0.4, -0.2) is 20.4 Å². The largest absolute Gasteiger partial charge is 0.384 e. The molecule has 3 N–H and O–H groups in total. The van der Waals surface area contributed by atoms with Gasteiger partial charge in [0.25, 0.3) is 0 Å². The lowest BCUT2D eigenvalue weighted by atomic mass is 10.2. The Hall–Kier alpha value is -1.53. The van der Waals surface area contributed by atoms with Crippen LogP contribution in [0.1, 0.15) is 5.56 Å². The minimum atomic E-state index is -0.0703. The molecule has 0 bridgehead atoms. The van der Waals surface area contributed by atoms with E-state index in [4.69, 9.17) is 22.7 Å². The number of hydrogen-bond donors (Lipinski definition) is 2. The monoisotopic (exact) mass is 267 g/mol. The lowest BCUT2D eigenvalue weighted by Crippen LogP contribution is -2.12. The minimum absolute atomic E-state index is 0.0703. The summed E-state index contributed by atoms with van der Waals surface area (Å²) in [4.78, 5) is 8.33. The maximum absolute atomic E-state index is 7.40. The molecule has 5 nitrogen and oxygen atoms in total. The van der Waals surface area contributed by atoms with E-state index in [0.29, 0.717) is 15.6 Å². The Kier molecular flexibility index (Phi) is 3.35. The van der Waals surface area contributed by atoms with Crippen molar-refractivity contribution >= 4 is 29.2 Å². The first-order valence-electron chi connectivity index (χ1n) is 4.73. The van der Waals surface area contributed by atoms with Gasteiger partial charge in [-0.3, -0.25) is 5.41 Å². The van der Waals surface area contributed by atoms with Crippen molar-refractivity contribution in [3.05, 3.63) is 35.2 Å². The van der Waals surface area contributed by atoms with Crippen molar-refractivity contribution in [3.8, 4) is 0 Å². The second-order valence-corrected chi connectivity index (χ2v) is 4.65. The van der Waals surface area contributed by atoms with Gasteiger partial charge < -0.3 is 10.3 Å². The van der Waals surface area contributed by atoms with Gasteiger partial charge in [0.15, 0.2) is 5.16 Å². The molecule has 2 rings (SSSR count). The van der Waals surface area contributed by atoms with E-state index in [1.165, 1.54) is 11.8 Å². The van der Waals surface area contributed by atoms with Gasteiger partial charge in [-0.05, 0) is 17.8 Å². The number of rotatable bonds is 3. The highest BCUT2D eigenvalue weighted by atomic mass is 35.5. The molecule has 0 aliphatic rings. The summed E-state index contributed by atoms with van der Waals surface area (Å²) in [5.41, 5.74) is 5.91. The van der Waals surface area contributed by atoms with Crippen molar-refractivity contribution in [3.63, 3.8) is 0 Å². The van der Waals surface area contributed by atoms with Gasteiger partial charge in [0.2, 0.25) is 0 Å². The first-order valence-corrected chi connectivity index (χ1v) is 5.93.